The summed E-state index contributed by atoms with van der Waals surface area (Å²) in [6, 6.07) is 110. The Morgan fingerprint density at radius 1 is 0.176 bits per heavy atom. The van der Waals surface area contributed by atoms with Crippen molar-refractivity contribution in [1.29, 1.82) is 0 Å². The van der Waals surface area contributed by atoms with Crippen molar-refractivity contribution in [2.75, 3.05) is 4.90 Å². The molecule has 0 heterocycles. The van der Waals surface area contributed by atoms with E-state index in [1.54, 1.807) is 0 Å². The van der Waals surface area contributed by atoms with Crippen LogP contribution in [0.2, 0.25) is 0 Å². The minimum absolute atomic E-state index is 0.411. The lowest BCUT2D eigenvalue weighted by atomic mass is 9.70. The predicted molar refractivity (Wildman–Crippen MR) is 310 cm³/mol. The molecule has 0 N–H and O–H groups in total. The number of hydrogen-bond donors (Lipinski definition) is 0. The lowest BCUT2D eigenvalue weighted by Gasteiger charge is -2.31. The topological polar surface area (TPSA) is 3.24 Å². The van der Waals surface area contributed by atoms with Crippen molar-refractivity contribution in [1.82, 2.24) is 0 Å². The van der Waals surface area contributed by atoms with Crippen molar-refractivity contribution < 1.29 is 0 Å². The number of nitrogens with zero attached hydrogens (tertiary/aromatic N) is 1. The minimum Gasteiger partial charge on any atom is -0.310 e. The minimum atomic E-state index is -0.411. The number of rotatable bonds is 9. The summed E-state index contributed by atoms with van der Waals surface area (Å²) in [4.78, 5) is 2.43. The normalized spacial score (nSPS) is 12.4. The van der Waals surface area contributed by atoms with Crippen LogP contribution in [0.1, 0.15) is 22.3 Å². The molecule has 0 bridgehead atoms. The second kappa shape index (κ2) is 17.9. The van der Waals surface area contributed by atoms with E-state index in [4.69, 9.17) is 0 Å². The molecule has 1 nitrogen and oxygen atoms in total. The van der Waals surface area contributed by atoms with Gasteiger partial charge in [0.15, 0.2) is 0 Å². The quantitative estimate of drug-likeness (QED) is 0.139. The molecule has 1 heteroatoms. The van der Waals surface area contributed by atoms with E-state index in [0.29, 0.717) is 0 Å². The van der Waals surface area contributed by atoms with Crippen LogP contribution in [-0.2, 0) is 5.41 Å². The molecule has 12 aromatic carbocycles. The summed E-state index contributed by atoms with van der Waals surface area (Å²) in [5.74, 6) is 0. The van der Waals surface area contributed by atoms with Gasteiger partial charge < -0.3 is 4.90 Å². The molecule has 0 radical (unpaired) electrons. The monoisotopic (exact) mass is 939 g/mol. The van der Waals surface area contributed by atoms with Crippen LogP contribution in [0.5, 0.6) is 0 Å². The molecule has 0 aromatic heterocycles. The fourth-order valence-electron chi connectivity index (χ4n) is 12.1. The molecule has 1 spiro atoms. The van der Waals surface area contributed by atoms with Gasteiger partial charge in [0.05, 0.1) is 5.41 Å². The van der Waals surface area contributed by atoms with E-state index in [-0.39, 0.29) is 0 Å². The molecule has 0 atom stereocenters. The van der Waals surface area contributed by atoms with Gasteiger partial charge in [-0.15, -0.1) is 0 Å². The van der Waals surface area contributed by atoms with E-state index >= 15 is 0 Å². The Bertz CT molecular complexity index is 3700. The second-order valence-corrected chi connectivity index (χ2v) is 19.6. The lowest BCUT2D eigenvalue weighted by molar-refractivity contribution is 0.794. The number of benzene rings is 12. The average Bonchev–Trinajstić information content (AvgIpc) is 3.97. The predicted octanol–water partition coefficient (Wildman–Crippen LogP) is 19.5. The zero-order valence-corrected chi connectivity index (χ0v) is 40.7. The SMILES string of the molecule is c1ccc(-c2cc(-c3ccccc3)cc(-c3ccc(N(c4ccc(-c5cc(-c6ccccc6)cc(-c6ccccc6)c5)cc4)c4ccc5c(c4)-c4ccccc4C54c5ccccc5-c5ccccc54)cc3)c2)cc1. The van der Waals surface area contributed by atoms with Gasteiger partial charge in [0.1, 0.15) is 0 Å². The molecule has 0 amide bonds. The van der Waals surface area contributed by atoms with Crippen molar-refractivity contribution in [3.8, 4) is 89.0 Å². The van der Waals surface area contributed by atoms with Crippen LogP contribution < -0.4 is 4.90 Å². The van der Waals surface area contributed by atoms with Crippen molar-refractivity contribution in [3.63, 3.8) is 0 Å². The van der Waals surface area contributed by atoms with Gasteiger partial charge in [0.2, 0.25) is 0 Å². The van der Waals surface area contributed by atoms with Crippen LogP contribution in [0.15, 0.2) is 297 Å². The van der Waals surface area contributed by atoms with Gasteiger partial charge in [-0.05, 0) is 184 Å². The van der Waals surface area contributed by atoms with Crippen LogP contribution in [-0.4, -0.2) is 0 Å². The molecule has 12 aromatic rings. The Labute approximate surface area is 433 Å². The van der Waals surface area contributed by atoms with Crippen molar-refractivity contribution >= 4 is 17.1 Å². The summed E-state index contributed by atoms with van der Waals surface area (Å²) >= 11 is 0. The van der Waals surface area contributed by atoms with E-state index in [1.165, 1.54) is 100 Å². The molecule has 2 aliphatic carbocycles. The molecule has 2 aliphatic rings. The standard InChI is InChI=1S/C73H49N/c1-5-19-50(20-6-1)56-43-57(51-21-7-2-8-22-51)46-60(45-56)54-33-37-62(38-34-54)74(63-39-35-55(36-40-63)61-47-58(52-23-9-3-10-24-52)44-59(48-61)53-25-11-4-12-26-53)64-41-42-72-68(49-64)67-29-15-18-32-71(67)73(72)69-30-16-13-27-65(69)66-28-14-17-31-70(66)73/h1-49H. The highest BCUT2D eigenvalue weighted by Gasteiger charge is 2.51. The highest BCUT2D eigenvalue weighted by Crippen LogP contribution is 2.63. The van der Waals surface area contributed by atoms with Crippen molar-refractivity contribution in [3.05, 3.63) is 320 Å². The summed E-state index contributed by atoms with van der Waals surface area (Å²) in [7, 11) is 0. The van der Waals surface area contributed by atoms with Gasteiger partial charge in [-0.2, -0.15) is 0 Å². The maximum absolute atomic E-state index is 2.44. The van der Waals surface area contributed by atoms with E-state index in [0.717, 1.165) is 28.2 Å². The largest absolute Gasteiger partial charge is 0.310 e. The molecule has 74 heavy (non-hydrogen) atoms. The molecule has 0 unspecified atom stereocenters. The first-order chi connectivity index (χ1) is 36.7. The van der Waals surface area contributed by atoms with Gasteiger partial charge in [-0.25, -0.2) is 0 Å². The molecule has 346 valence electrons. The second-order valence-electron chi connectivity index (χ2n) is 19.6. The van der Waals surface area contributed by atoms with E-state index in [2.05, 4.69) is 302 Å². The number of hydrogen-bond acceptors (Lipinski definition) is 1. The molecular formula is C73H49N. The van der Waals surface area contributed by atoms with Gasteiger partial charge >= 0.3 is 0 Å². The zero-order valence-electron chi connectivity index (χ0n) is 40.7. The Morgan fingerprint density at radius 3 is 0.770 bits per heavy atom. The number of anilines is 3. The van der Waals surface area contributed by atoms with Crippen molar-refractivity contribution in [2.45, 2.75) is 5.41 Å². The highest BCUT2D eigenvalue weighted by molar-refractivity contribution is 5.97. The molecule has 0 saturated heterocycles. The van der Waals surface area contributed by atoms with E-state index < -0.39 is 5.41 Å². The molecule has 0 fully saturated rings. The first-order valence-electron chi connectivity index (χ1n) is 25.6. The third-order valence-electron chi connectivity index (χ3n) is 15.5. The van der Waals surface area contributed by atoms with Gasteiger partial charge in [-0.1, -0.05) is 224 Å². The maximum atomic E-state index is 2.44. The first kappa shape index (κ1) is 43.2. The van der Waals surface area contributed by atoms with Crippen LogP contribution in [0, 0.1) is 0 Å². The van der Waals surface area contributed by atoms with E-state index in [1.807, 2.05) is 0 Å². The average molecular weight is 940 g/mol. The van der Waals surface area contributed by atoms with Crippen LogP contribution >= 0.6 is 0 Å². The van der Waals surface area contributed by atoms with Gasteiger partial charge in [-0.3, -0.25) is 0 Å². The van der Waals surface area contributed by atoms with Crippen LogP contribution in [0.3, 0.4) is 0 Å². The highest BCUT2D eigenvalue weighted by atomic mass is 15.1. The Morgan fingerprint density at radius 2 is 0.432 bits per heavy atom. The first-order valence-corrected chi connectivity index (χ1v) is 25.6. The van der Waals surface area contributed by atoms with Gasteiger partial charge in [0, 0.05) is 17.1 Å². The molecule has 14 rings (SSSR count). The smallest absolute Gasteiger partial charge is 0.0725 e. The summed E-state index contributed by atoms with van der Waals surface area (Å²) in [5.41, 5.74) is 27.6. The summed E-state index contributed by atoms with van der Waals surface area (Å²) < 4.78 is 0. The van der Waals surface area contributed by atoms with E-state index in [9.17, 15) is 0 Å². The molecule has 0 aliphatic heterocycles. The third kappa shape index (κ3) is 7.24. The van der Waals surface area contributed by atoms with Crippen LogP contribution in [0.4, 0.5) is 17.1 Å². The fraction of sp³-hybridized carbons (Fsp3) is 0.0137. The summed E-state index contributed by atoms with van der Waals surface area (Å²) in [6.07, 6.45) is 0. The number of fused-ring (bicyclic) bond motifs is 10. The summed E-state index contributed by atoms with van der Waals surface area (Å²) in [5, 5.41) is 0. The summed E-state index contributed by atoms with van der Waals surface area (Å²) in [6.45, 7) is 0. The maximum Gasteiger partial charge on any atom is 0.0725 e. The zero-order chi connectivity index (χ0) is 49.0. The van der Waals surface area contributed by atoms with Crippen LogP contribution in [0.25, 0.3) is 89.0 Å². The van der Waals surface area contributed by atoms with Gasteiger partial charge in [0.25, 0.3) is 0 Å². The Kier molecular flexibility index (Phi) is 10.5. The molecule has 0 saturated carbocycles. The molecular weight excluding hydrogens is 891 g/mol. The third-order valence-corrected chi connectivity index (χ3v) is 15.5. The fourth-order valence-corrected chi connectivity index (χ4v) is 12.1. The Balaban J connectivity index is 0.919. The van der Waals surface area contributed by atoms with Crippen molar-refractivity contribution in [2.24, 2.45) is 0 Å². The Hall–Kier alpha value is -9.56. The lowest BCUT2D eigenvalue weighted by Crippen LogP contribution is -2.25.